The van der Waals surface area contributed by atoms with E-state index in [9.17, 15) is 58.5 Å². The first-order valence-corrected chi connectivity index (χ1v) is 13.8. The second-order valence-corrected chi connectivity index (χ2v) is 10.8. The predicted octanol–water partition coefficient (Wildman–Crippen LogP) is -2.54. The molecule has 4 rings (SSSR count). The van der Waals surface area contributed by atoms with Crippen molar-refractivity contribution in [3.8, 4) is 11.5 Å². The summed E-state index contributed by atoms with van der Waals surface area (Å²) in [6, 6.07) is -0.0939. The van der Waals surface area contributed by atoms with Crippen LogP contribution in [0.3, 0.4) is 0 Å². The molecule has 0 aliphatic carbocycles. The molecule has 0 radical (unpaired) electrons. The van der Waals surface area contributed by atoms with Gasteiger partial charge in [0.25, 0.3) is 6.04 Å². The molecule has 19 heteroatoms. The van der Waals surface area contributed by atoms with Crippen molar-refractivity contribution < 1.29 is 81.3 Å². The summed E-state index contributed by atoms with van der Waals surface area (Å²) >= 11 is 0. The van der Waals surface area contributed by atoms with Crippen LogP contribution in [0.4, 0.5) is 5.69 Å². The van der Waals surface area contributed by atoms with Gasteiger partial charge in [-0.2, -0.15) is 13.0 Å². The van der Waals surface area contributed by atoms with Crippen molar-refractivity contribution in [3.05, 3.63) is 41.1 Å². The number of aliphatic carboxylic acids is 3. The summed E-state index contributed by atoms with van der Waals surface area (Å²) < 4.78 is 46.7. The van der Waals surface area contributed by atoms with Gasteiger partial charge in [0.15, 0.2) is 17.7 Å². The van der Waals surface area contributed by atoms with Gasteiger partial charge in [-0.3, -0.25) is 4.55 Å². The molecule has 9 N–H and O–H groups in total. The Morgan fingerprint density at radius 2 is 1.74 bits per heavy atom. The lowest BCUT2D eigenvalue weighted by atomic mass is 9.99. The van der Waals surface area contributed by atoms with Gasteiger partial charge in [-0.15, -0.1) is 0 Å². The number of phenols is 1. The fourth-order valence-corrected chi connectivity index (χ4v) is 5.02. The summed E-state index contributed by atoms with van der Waals surface area (Å²) in [5, 5.41) is 72.1. The average Bonchev–Trinajstić information content (AvgIpc) is 3.28. The van der Waals surface area contributed by atoms with Gasteiger partial charge in [-0.1, -0.05) is 0 Å². The smallest absolute Gasteiger partial charge is 0.397 e. The number of carbonyl (C=O) groups is 3. The number of carboxylic acids is 3. The lowest BCUT2D eigenvalue weighted by molar-refractivity contribution is -0.456. The van der Waals surface area contributed by atoms with E-state index in [-0.39, 0.29) is 35.5 Å². The molecule has 0 aromatic heterocycles. The third kappa shape index (κ3) is 7.10. The van der Waals surface area contributed by atoms with Crippen molar-refractivity contribution in [1.82, 2.24) is 5.32 Å². The highest BCUT2D eigenvalue weighted by atomic mass is 32.3. The highest BCUT2D eigenvalue weighted by molar-refractivity contribution is 7.80. The minimum absolute atomic E-state index is 0.111. The third-order valence-electron chi connectivity index (χ3n) is 6.84. The Hall–Kier alpha value is -4.11. The van der Waals surface area contributed by atoms with Gasteiger partial charge in [0.05, 0.1) is 19.1 Å². The van der Waals surface area contributed by atoms with E-state index in [0.717, 1.165) is 6.07 Å². The molecule has 0 bridgehead atoms. The molecule has 3 heterocycles. The zero-order valence-electron chi connectivity index (χ0n) is 21.7. The van der Waals surface area contributed by atoms with Crippen LogP contribution >= 0.6 is 0 Å². The van der Waals surface area contributed by atoms with Gasteiger partial charge in [0, 0.05) is 18.1 Å². The number of nitrogens with one attached hydrogen (secondary N) is 1. The van der Waals surface area contributed by atoms with Crippen molar-refractivity contribution in [2.75, 3.05) is 6.61 Å². The fourth-order valence-electron chi connectivity index (χ4n) is 4.72. The number of benzene rings is 1. The minimum Gasteiger partial charge on any atom is -0.504 e. The summed E-state index contributed by atoms with van der Waals surface area (Å²) in [6.45, 7) is -0.965. The molecule has 7 atom stereocenters. The van der Waals surface area contributed by atoms with Gasteiger partial charge in [-0.05, 0) is 17.7 Å². The average molecular weight is 632 g/mol. The van der Waals surface area contributed by atoms with Crippen molar-refractivity contribution in [3.63, 3.8) is 0 Å². The van der Waals surface area contributed by atoms with Crippen LogP contribution in [0.1, 0.15) is 12.0 Å². The van der Waals surface area contributed by atoms with E-state index in [1.165, 1.54) is 29.0 Å². The Kier molecular flexibility index (Phi) is 9.06. The topological polar surface area (TPSA) is 290 Å². The molecule has 18 nitrogen and oxygen atoms in total. The zero-order valence-corrected chi connectivity index (χ0v) is 22.6. The Morgan fingerprint density at radius 3 is 2.35 bits per heavy atom. The summed E-state index contributed by atoms with van der Waals surface area (Å²) in [4.78, 5) is 34.9. The van der Waals surface area contributed by atoms with E-state index in [1.807, 2.05) is 0 Å². The minimum atomic E-state index is -4.94. The van der Waals surface area contributed by atoms with Gasteiger partial charge >= 0.3 is 28.3 Å². The number of hydrogen-bond acceptors (Lipinski definition) is 13. The lowest BCUT2D eigenvalue weighted by Crippen LogP contribution is -2.60. The van der Waals surface area contributed by atoms with Crippen LogP contribution in [0, 0.1) is 0 Å². The number of aliphatic hydroxyl groups excluding tert-OH is 3. The third-order valence-corrected chi connectivity index (χ3v) is 7.28. The van der Waals surface area contributed by atoms with E-state index in [0.29, 0.717) is 5.56 Å². The van der Waals surface area contributed by atoms with Crippen molar-refractivity contribution in [2.45, 2.75) is 55.6 Å². The van der Waals surface area contributed by atoms with Crippen LogP contribution in [0.2, 0.25) is 0 Å². The standard InChI is InChI=1S/C24H26N2O16S/c27-15-7-13-10(6-16(15)41-24-20(30)19(29)18(28)17(42-24)8-40-43(37,38)39)5-14(23(35)36)26(13)2-1-9-3-11(21(31)32)25-12(4-9)22(33)34/h1-3,6-7,12,14,17-20,24,28-30H,4-5,8H2,(H5,27,31,32,33,34,35,36,37,38,39)/p+1/t12?,14?,17-,18-,19+,20-,24-/m1/s1. The van der Waals surface area contributed by atoms with Crippen LogP contribution in [0.5, 0.6) is 11.5 Å². The van der Waals surface area contributed by atoms with E-state index in [4.69, 9.17) is 14.0 Å². The summed E-state index contributed by atoms with van der Waals surface area (Å²) in [5.74, 6) is -4.89. The maximum absolute atomic E-state index is 12.0. The zero-order chi connectivity index (χ0) is 31.8. The van der Waals surface area contributed by atoms with Gasteiger partial charge in [-0.25, -0.2) is 18.6 Å². The Labute approximate surface area is 241 Å². The monoisotopic (exact) mass is 631 g/mol. The number of nitrogens with zero attached hydrogens (tertiary/aromatic N) is 1. The van der Waals surface area contributed by atoms with Gasteiger partial charge < -0.3 is 50.5 Å². The highest BCUT2D eigenvalue weighted by Crippen LogP contribution is 2.40. The number of phenolic OH excluding ortho intramolecular Hbond substituents is 1. The molecular formula is C24H27N2O16S+. The van der Waals surface area contributed by atoms with Crippen molar-refractivity contribution >= 4 is 40.2 Å². The molecule has 2 unspecified atom stereocenters. The number of ether oxygens (including phenoxy) is 2. The second-order valence-electron chi connectivity index (χ2n) is 9.75. The summed E-state index contributed by atoms with van der Waals surface area (Å²) in [7, 11) is -4.94. The van der Waals surface area contributed by atoms with Crippen LogP contribution in [-0.4, -0.2) is 127 Å². The molecule has 1 fully saturated rings. The SMILES string of the molecule is O=C(O)C1=C/C(=C\C=[N+]2c3cc(O)c(O[C@@H]4O[C@H](COS(=O)(=O)O)[C@@H](O)[C@H](O)[C@H]4O)cc3CC2C(=O)O)CC(C(=O)O)N1. The van der Waals surface area contributed by atoms with E-state index in [2.05, 4.69) is 9.50 Å². The predicted molar refractivity (Wildman–Crippen MR) is 137 cm³/mol. The number of allylic oxidation sites excluding steroid dienone is 2. The number of fused-ring (bicyclic) bond motifs is 1. The first-order valence-electron chi connectivity index (χ1n) is 12.4. The molecule has 1 saturated heterocycles. The summed E-state index contributed by atoms with van der Waals surface area (Å²) in [6.07, 6.45) is -5.48. The number of hydrogen-bond donors (Lipinski definition) is 9. The largest absolute Gasteiger partial charge is 0.504 e. The fraction of sp³-hybridized carbons (Fsp3) is 0.417. The molecule has 0 saturated carbocycles. The van der Waals surface area contributed by atoms with Gasteiger partial charge in [0.2, 0.25) is 12.0 Å². The van der Waals surface area contributed by atoms with E-state index in [1.54, 1.807) is 0 Å². The number of aliphatic hydroxyl groups is 3. The molecule has 234 valence electrons. The van der Waals surface area contributed by atoms with Crippen molar-refractivity contribution in [2.24, 2.45) is 0 Å². The maximum Gasteiger partial charge on any atom is 0.397 e. The maximum atomic E-state index is 12.0. The molecule has 3 aliphatic heterocycles. The van der Waals surface area contributed by atoms with Crippen LogP contribution in [-0.2, 0) is 40.1 Å². The van der Waals surface area contributed by atoms with Crippen molar-refractivity contribution in [1.29, 1.82) is 0 Å². The Morgan fingerprint density at radius 1 is 1.05 bits per heavy atom. The first kappa shape index (κ1) is 31.8. The molecule has 1 aromatic carbocycles. The molecular weight excluding hydrogens is 604 g/mol. The van der Waals surface area contributed by atoms with E-state index < -0.39 is 83.5 Å². The molecule has 0 amide bonds. The first-order chi connectivity index (χ1) is 20.1. The van der Waals surface area contributed by atoms with Crippen LogP contribution in [0.15, 0.2) is 35.6 Å². The quantitative estimate of drug-likeness (QED) is 0.100. The van der Waals surface area contributed by atoms with E-state index >= 15 is 0 Å². The van der Waals surface area contributed by atoms with Gasteiger partial charge in [0.1, 0.15) is 36.2 Å². The molecule has 1 aromatic rings. The van der Waals surface area contributed by atoms with Crippen LogP contribution < -0.4 is 10.1 Å². The molecule has 3 aliphatic rings. The number of aromatic hydroxyl groups is 1. The molecule has 0 spiro atoms. The summed E-state index contributed by atoms with van der Waals surface area (Å²) in [5.41, 5.74) is 0.413. The highest BCUT2D eigenvalue weighted by Gasteiger charge is 2.46. The Balaban J connectivity index is 1.63. The Bertz CT molecular complexity index is 1520. The molecule has 43 heavy (non-hydrogen) atoms. The normalized spacial score (nSPS) is 30.8. The second kappa shape index (κ2) is 12.2. The van der Waals surface area contributed by atoms with Crippen LogP contribution in [0.25, 0.3) is 0 Å². The number of rotatable bonds is 9. The number of carboxylic acid groups (broad SMARTS) is 3. The lowest BCUT2D eigenvalue weighted by Gasteiger charge is -2.39.